The molecule has 18 heavy (non-hydrogen) atoms. The minimum absolute atomic E-state index is 0. The molecule has 6 nitrogen and oxygen atoms in total. The van der Waals surface area contributed by atoms with Crippen LogP contribution in [0.15, 0.2) is 0 Å². The van der Waals surface area contributed by atoms with Crippen LogP contribution in [-0.4, -0.2) is 47.5 Å². The van der Waals surface area contributed by atoms with Crippen LogP contribution in [0, 0.1) is 0 Å². The molecule has 0 aliphatic rings. The maximum Gasteiger partial charge on any atom is 0.451 e. The van der Waals surface area contributed by atoms with Crippen molar-refractivity contribution in [2.75, 3.05) is 13.7 Å². The fraction of sp³-hybridized carbons (Fsp3) is 0.900. The molecule has 0 aliphatic heterocycles. The van der Waals surface area contributed by atoms with E-state index in [0.29, 0.717) is 38.7 Å². The smallest absolute Gasteiger partial charge is 0.451 e. The third kappa shape index (κ3) is 8.71. The second-order valence-corrected chi connectivity index (χ2v) is 4.28. The lowest BCUT2D eigenvalue weighted by molar-refractivity contribution is -0.144. The molecule has 0 heterocycles. The monoisotopic (exact) mass is 283 g/mol. The third-order valence-corrected chi connectivity index (χ3v) is 2.73. The molecule has 0 aromatic rings. The van der Waals surface area contributed by atoms with Crippen LogP contribution in [0.3, 0.4) is 0 Å². The van der Waals surface area contributed by atoms with Crippen molar-refractivity contribution in [3.05, 3.63) is 0 Å². The van der Waals surface area contributed by atoms with E-state index < -0.39 is 18.6 Å². The average molecular weight is 284 g/mol. The van der Waals surface area contributed by atoms with E-state index in [1.807, 2.05) is 0 Å². The molecule has 8 heteroatoms. The Morgan fingerprint density at radius 2 is 1.83 bits per heavy atom. The van der Waals surface area contributed by atoms with Crippen molar-refractivity contribution in [1.82, 2.24) is 0 Å². The molecular weight excluding hydrogens is 260 g/mol. The molecule has 1 atom stereocenters. The number of aliphatic carboxylic acids is 1. The molecule has 0 saturated heterocycles. The van der Waals surface area contributed by atoms with Gasteiger partial charge in [0.2, 0.25) is 0 Å². The lowest BCUT2D eigenvalue weighted by atomic mass is 9.81. The summed E-state index contributed by atoms with van der Waals surface area (Å²) in [6.45, 7) is 0.488. The highest BCUT2D eigenvalue weighted by Gasteiger charge is 2.32. The van der Waals surface area contributed by atoms with Gasteiger partial charge in [-0.15, -0.1) is 12.4 Å². The number of rotatable bonds is 10. The van der Waals surface area contributed by atoms with Crippen molar-refractivity contribution in [3.63, 3.8) is 0 Å². The topological polar surface area (TPSA) is 113 Å². The van der Waals surface area contributed by atoms with E-state index in [0.717, 1.165) is 0 Å². The molecule has 0 aliphatic carbocycles. The minimum Gasteiger partial charge on any atom is -0.480 e. The van der Waals surface area contributed by atoms with E-state index in [1.165, 1.54) is 0 Å². The van der Waals surface area contributed by atoms with E-state index in [4.69, 9.17) is 25.6 Å². The maximum atomic E-state index is 11.1. The fourth-order valence-corrected chi connectivity index (χ4v) is 1.64. The molecule has 0 bridgehead atoms. The van der Waals surface area contributed by atoms with Gasteiger partial charge in [-0.25, -0.2) is 0 Å². The lowest BCUT2D eigenvalue weighted by Crippen LogP contribution is -2.48. The highest BCUT2D eigenvalue weighted by Crippen LogP contribution is 2.19. The first-order chi connectivity index (χ1) is 7.92. The van der Waals surface area contributed by atoms with Gasteiger partial charge in [-0.2, -0.15) is 0 Å². The summed E-state index contributed by atoms with van der Waals surface area (Å²) in [5.74, 6) is -1.02. The van der Waals surface area contributed by atoms with Gasteiger partial charge < -0.3 is 25.6 Å². The number of hydrogen-bond acceptors (Lipinski definition) is 5. The van der Waals surface area contributed by atoms with Crippen molar-refractivity contribution in [2.45, 2.75) is 44.0 Å². The first-order valence-corrected chi connectivity index (χ1v) is 5.80. The molecule has 0 radical (unpaired) electrons. The zero-order chi connectivity index (χ0) is 13.3. The van der Waals surface area contributed by atoms with Gasteiger partial charge in [-0.05, 0) is 25.6 Å². The Bertz CT molecular complexity index is 232. The van der Waals surface area contributed by atoms with Crippen LogP contribution in [0.4, 0.5) is 0 Å². The number of carbonyl (C=O) groups is 1. The number of carboxylic acid groups (broad SMARTS) is 1. The van der Waals surface area contributed by atoms with Crippen molar-refractivity contribution in [3.8, 4) is 0 Å². The first kappa shape index (κ1) is 20.0. The largest absolute Gasteiger partial charge is 0.480 e. The van der Waals surface area contributed by atoms with E-state index in [1.54, 1.807) is 7.11 Å². The van der Waals surface area contributed by atoms with Crippen LogP contribution in [-0.2, 0) is 9.53 Å². The Hall–Kier alpha value is -0.335. The van der Waals surface area contributed by atoms with Crippen LogP contribution in [0.5, 0.6) is 0 Å². The predicted octanol–water partition coefficient (Wildman–Crippen LogP) is 0.260. The molecule has 0 fully saturated rings. The Morgan fingerprint density at radius 1 is 1.28 bits per heavy atom. The van der Waals surface area contributed by atoms with E-state index in [9.17, 15) is 4.79 Å². The number of methoxy groups -OCH3 is 1. The molecule has 0 amide bonds. The van der Waals surface area contributed by atoms with E-state index >= 15 is 0 Å². The van der Waals surface area contributed by atoms with Crippen molar-refractivity contribution < 1.29 is 24.7 Å². The number of carboxylic acids is 1. The summed E-state index contributed by atoms with van der Waals surface area (Å²) in [6, 6.07) is 0. The molecule has 0 rings (SSSR count). The molecule has 108 valence electrons. The molecular formula is C10H23BClNO5. The summed E-state index contributed by atoms with van der Waals surface area (Å²) >= 11 is 0. The normalized spacial score (nSPS) is 13.6. The van der Waals surface area contributed by atoms with Gasteiger partial charge in [0.1, 0.15) is 5.54 Å². The van der Waals surface area contributed by atoms with Crippen molar-refractivity contribution >= 4 is 25.5 Å². The van der Waals surface area contributed by atoms with Gasteiger partial charge in [0.15, 0.2) is 0 Å². The van der Waals surface area contributed by atoms with E-state index in [2.05, 4.69) is 0 Å². The van der Waals surface area contributed by atoms with Crippen LogP contribution in [0.25, 0.3) is 0 Å². The lowest BCUT2D eigenvalue weighted by Gasteiger charge is -2.24. The number of nitrogens with two attached hydrogens (primary N) is 1. The van der Waals surface area contributed by atoms with Gasteiger partial charge in [0.05, 0.1) is 0 Å². The second kappa shape index (κ2) is 10.6. The maximum absolute atomic E-state index is 11.1. The number of unbranched alkanes of at least 4 members (excludes halogenated alkanes) is 1. The Morgan fingerprint density at radius 3 is 2.28 bits per heavy atom. The summed E-state index contributed by atoms with van der Waals surface area (Å²) in [5.41, 5.74) is 4.58. The summed E-state index contributed by atoms with van der Waals surface area (Å²) in [7, 11) is 0.224. The van der Waals surface area contributed by atoms with Crippen molar-refractivity contribution in [1.29, 1.82) is 0 Å². The predicted molar refractivity (Wildman–Crippen MR) is 71.8 cm³/mol. The summed E-state index contributed by atoms with van der Waals surface area (Å²) in [6.07, 6.45) is 2.65. The van der Waals surface area contributed by atoms with Crippen LogP contribution in [0.1, 0.15) is 32.1 Å². The minimum atomic E-state index is -1.33. The van der Waals surface area contributed by atoms with Gasteiger partial charge in [-0.3, -0.25) is 4.79 Å². The Kier molecular flexibility index (Phi) is 11.7. The molecule has 0 aromatic carbocycles. The molecule has 5 N–H and O–H groups in total. The highest BCUT2D eigenvalue weighted by atomic mass is 35.5. The van der Waals surface area contributed by atoms with Crippen LogP contribution in [0.2, 0.25) is 6.32 Å². The van der Waals surface area contributed by atoms with Gasteiger partial charge >= 0.3 is 13.1 Å². The van der Waals surface area contributed by atoms with Crippen LogP contribution < -0.4 is 5.73 Å². The number of halogens is 1. The van der Waals surface area contributed by atoms with Gasteiger partial charge in [0.25, 0.3) is 0 Å². The van der Waals surface area contributed by atoms with Crippen LogP contribution >= 0.6 is 12.4 Å². The fourth-order valence-electron chi connectivity index (χ4n) is 1.64. The molecule has 1 unspecified atom stereocenters. The molecule has 0 saturated carbocycles. The number of hydrogen-bond donors (Lipinski definition) is 4. The standard InChI is InChI=1S/C10H22BNO5.ClH/c1-17-8-4-6-10(12,9(13)14)5-2-3-7-11(15)16;/h15-16H,2-8,12H2,1H3,(H,13,14);1H. The summed E-state index contributed by atoms with van der Waals surface area (Å²) < 4.78 is 4.86. The Balaban J connectivity index is 0. The molecule has 0 spiro atoms. The average Bonchev–Trinajstić information content (AvgIpc) is 2.24. The second-order valence-electron chi connectivity index (χ2n) is 4.28. The third-order valence-electron chi connectivity index (χ3n) is 2.73. The van der Waals surface area contributed by atoms with E-state index in [-0.39, 0.29) is 18.7 Å². The summed E-state index contributed by atoms with van der Waals surface area (Å²) in [4.78, 5) is 11.1. The zero-order valence-electron chi connectivity index (χ0n) is 10.7. The van der Waals surface area contributed by atoms with Gasteiger partial charge in [-0.1, -0.05) is 12.8 Å². The van der Waals surface area contributed by atoms with Crippen molar-refractivity contribution in [2.24, 2.45) is 5.73 Å². The highest BCUT2D eigenvalue weighted by molar-refractivity contribution is 6.40. The first-order valence-electron chi connectivity index (χ1n) is 5.80. The summed E-state index contributed by atoms with van der Waals surface area (Å²) in [5, 5.41) is 26.4. The SMILES string of the molecule is COCCCC(N)(CCCCB(O)O)C(=O)O.Cl. The quantitative estimate of drug-likeness (QED) is 0.338. The number of ether oxygens (including phenoxy) is 1. The van der Waals surface area contributed by atoms with Gasteiger partial charge in [0, 0.05) is 13.7 Å². The molecule has 0 aromatic heterocycles. The zero-order valence-corrected chi connectivity index (χ0v) is 11.5. The Labute approximate surface area is 114 Å².